The van der Waals surface area contributed by atoms with E-state index in [0.717, 1.165) is 5.39 Å². The molecule has 27 heavy (non-hydrogen) atoms. The number of pyridine rings is 1. The van der Waals surface area contributed by atoms with Gasteiger partial charge in [-0.2, -0.15) is 0 Å². The third-order valence-corrected chi connectivity index (χ3v) is 3.96. The average molecular weight is 387 g/mol. The zero-order chi connectivity index (χ0) is 19.4. The van der Waals surface area contributed by atoms with Crippen molar-refractivity contribution in [1.82, 2.24) is 21.2 Å². The zero-order valence-electron chi connectivity index (χ0n) is 14.2. The lowest BCUT2D eigenvalue weighted by molar-refractivity contribution is -0.120. The maximum Gasteiger partial charge on any atom is 0.305 e. The number of amides is 3. The molecule has 0 saturated heterocycles. The largest absolute Gasteiger partial charge is 0.451 e. The Hall–Kier alpha value is -3.39. The number of halogens is 1. The molecule has 1 aromatic carbocycles. The number of para-hydroxylation sites is 1. The number of carbonyl (C=O) groups is 3. The number of nitrogens with one attached hydrogen (secondary N) is 3. The number of fused-ring (bicyclic) bond motifs is 1. The standard InChI is InChI=1S/C18H15ClN4O4/c1-10-12-4-2-3-5-14(12)27-16(10)18(26)23-22-15(24)9-21-17(25)13-8-11(19)6-7-20-13/h2-8H,9H2,1H3,(H,21,25)(H,22,24)(H,23,26). The molecule has 9 heteroatoms. The summed E-state index contributed by atoms with van der Waals surface area (Å²) in [6.45, 7) is 1.40. The van der Waals surface area contributed by atoms with Crippen molar-refractivity contribution in [2.75, 3.05) is 6.54 Å². The number of nitrogens with zero attached hydrogens (tertiary/aromatic N) is 1. The van der Waals surface area contributed by atoms with Crippen molar-refractivity contribution in [3.63, 3.8) is 0 Å². The summed E-state index contributed by atoms with van der Waals surface area (Å²) in [4.78, 5) is 39.8. The first-order chi connectivity index (χ1) is 13.0. The molecule has 3 amide bonds. The first-order valence-electron chi connectivity index (χ1n) is 7.93. The third-order valence-electron chi connectivity index (χ3n) is 3.73. The Morgan fingerprint density at radius 1 is 1.11 bits per heavy atom. The third kappa shape index (κ3) is 4.24. The second-order valence-corrected chi connectivity index (χ2v) is 6.03. The van der Waals surface area contributed by atoms with Gasteiger partial charge in [0.15, 0.2) is 5.76 Å². The fourth-order valence-corrected chi connectivity index (χ4v) is 2.56. The Bertz CT molecular complexity index is 1030. The molecule has 0 aliphatic heterocycles. The van der Waals surface area contributed by atoms with Gasteiger partial charge < -0.3 is 9.73 Å². The van der Waals surface area contributed by atoms with Gasteiger partial charge in [0.05, 0.1) is 6.54 Å². The van der Waals surface area contributed by atoms with Crippen molar-refractivity contribution in [2.24, 2.45) is 0 Å². The number of hydrogen-bond acceptors (Lipinski definition) is 5. The summed E-state index contributed by atoms with van der Waals surface area (Å²) in [6.07, 6.45) is 1.38. The highest BCUT2D eigenvalue weighted by Gasteiger charge is 2.18. The van der Waals surface area contributed by atoms with E-state index in [2.05, 4.69) is 21.2 Å². The normalized spacial score (nSPS) is 10.4. The maximum absolute atomic E-state index is 12.2. The lowest BCUT2D eigenvalue weighted by Gasteiger charge is -2.07. The first kappa shape index (κ1) is 18.4. The summed E-state index contributed by atoms with van der Waals surface area (Å²) < 4.78 is 5.51. The fraction of sp³-hybridized carbons (Fsp3) is 0.111. The molecule has 0 spiro atoms. The fourth-order valence-electron chi connectivity index (χ4n) is 2.40. The summed E-state index contributed by atoms with van der Waals surface area (Å²) in [5.41, 5.74) is 5.79. The summed E-state index contributed by atoms with van der Waals surface area (Å²) in [6, 6.07) is 10.1. The highest BCUT2D eigenvalue weighted by Crippen LogP contribution is 2.24. The van der Waals surface area contributed by atoms with E-state index < -0.39 is 17.7 Å². The smallest absolute Gasteiger partial charge is 0.305 e. The van der Waals surface area contributed by atoms with Crippen LogP contribution in [0.4, 0.5) is 0 Å². The number of aromatic nitrogens is 1. The number of furan rings is 1. The van der Waals surface area contributed by atoms with Crippen molar-refractivity contribution in [3.8, 4) is 0 Å². The maximum atomic E-state index is 12.2. The number of benzene rings is 1. The molecule has 2 heterocycles. The Labute approximate surface area is 158 Å². The van der Waals surface area contributed by atoms with Crippen LogP contribution in [0.2, 0.25) is 5.02 Å². The van der Waals surface area contributed by atoms with Gasteiger partial charge in [0.1, 0.15) is 11.3 Å². The van der Waals surface area contributed by atoms with Crippen molar-refractivity contribution in [1.29, 1.82) is 0 Å². The van der Waals surface area contributed by atoms with Crippen molar-refractivity contribution in [2.45, 2.75) is 6.92 Å². The molecule has 2 aromatic heterocycles. The van der Waals surface area contributed by atoms with E-state index >= 15 is 0 Å². The molecule has 0 aliphatic rings. The SMILES string of the molecule is Cc1c(C(=O)NNC(=O)CNC(=O)c2cc(Cl)ccn2)oc2ccccc12. The highest BCUT2D eigenvalue weighted by atomic mass is 35.5. The molecule has 138 valence electrons. The van der Waals surface area contributed by atoms with Crippen LogP contribution in [0.1, 0.15) is 26.6 Å². The molecule has 0 bridgehead atoms. The average Bonchev–Trinajstić information content (AvgIpc) is 3.01. The van der Waals surface area contributed by atoms with Crippen LogP contribution in [0, 0.1) is 6.92 Å². The van der Waals surface area contributed by atoms with E-state index in [-0.39, 0.29) is 18.0 Å². The summed E-state index contributed by atoms with van der Waals surface area (Å²) >= 11 is 5.78. The second kappa shape index (κ2) is 7.88. The molecule has 0 atom stereocenters. The molecule has 0 radical (unpaired) electrons. The Balaban J connectivity index is 1.53. The van der Waals surface area contributed by atoms with Crippen molar-refractivity contribution < 1.29 is 18.8 Å². The molecule has 0 aliphatic carbocycles. The van der Waals surface area contributed by atoms with Gasteiger partial charge >= 0.3 is 5.91 Å². The van der Waals surface area contributed by atoms with Gasteiger partial charge in [-0.15, -0.1) is 0 Å². The first-order valence-corrected chi connectivity index (χ1v) is 8.30. The number of hydrazine groups is 1. The van der Waals surface area contributed by atoms with E-state index in [1.807, 2.05) is 12.1 Å². The van der Waals surface area contributed by atoms with Crippen LogP contribution < -0.4 is 16.2 Å². The molecular weight excluding hydrogens is 372 g/mol. The number of hydrogen-bond donors (Lipinski definition) is 3. The molecule has 3 aromatic rings. The number of rotatable bonds is 4. The van der Waals surface area contributed by atoms with Crippen LogP contribution in [0.5, 0.6) is 0 Å². The van der Waals surface area contributed by atoms with E-state index in [1.54, 1.807) is 19.1 Å². The predicted molar refractivity (Wildman–Crippen MR) is 98.1 cm³/mol. The topological polar surface area (TPSA) is 113 Å². The quantitative estimate of drug-likeness (QED) is 0.593. The highest BCUT2D eigenvalue weighted by molar-refractivity contribution is 6.30. The van der Waals surface area contributed by atoms with Gasteiger partial charge in [-0.05, 0) is 25.1 Å². The van der Waals surface area contributed by atoms with Gasteiger partial charge in [0.25, 0.3) is 11.8 Å². The van der Waals surface area contributed by atoms with Crippen LogP contribution >= 0.6 is 11.6 Å². The van der Waals surface area contributed by atoms with E-state index in [0.29, 0.717) is 16.2 Å². The molecule has 3 N–H and O–H groups in total. The molecule has 0 unspecified atom stereocenters. The molecular formula is C18H15ClN4O4. The van der Waals surface area contributed by atoms with Crippen molar-refractivity contribution in [3.05, 3.63) is 64.6 Å². The van der Waals surface area contributed by atoms with Crippen molar-refractivity contribution >= 4 is 40.3 Å². The Kier molecular flexibility index (Phi) is 5.37. The second-order valence-electron chi connectivity index (χ2n) is 5.60. The van der Waals surface area contributed by atoms with Gasteiger partial charge in [0, 0.05) is 22.2 Å². The van der Waals surface area contributed by atoms with Crippen LogP contribution in [-0.4, -0.2) is 29.3 Å². The van der Waals surface area contributed by atoms with Crippen LogP contribution in [0.15, 0.2) is 47.0 Å². The minimum Gasteiger partial charge on any atom is -0.451 e. The van der Waals surface area contributed by atoms with Crippen LogP contribution in [-0.2, 0) is 4.79 Å². The summed E-state index contributed by atoms with van der Waals surface area (Å²) in [5.74, 6) is -1.68. The minimum atomic E-state index is -0.618. The van der Waals surface area contributed by atoms with Crippen LogP contribution in [0.3, 0.4) is 0 Å². The Morgan fingerprint density at radius 3 is 2.63 bits per heavy atom. The molecule has 3 rings (SSSR count). The van der Waals surface area contributed by atoms with Gasteiger partial charge in [-0.25, -0.2) is 0 Å². The summed E-state index contributed by atoms with van der Waals surface area (Å²) in [5, 5.41) is 3.55. The van der Waals surface area contributed by atoms with Gasteiger partial charge in [-0.1, -0.05) is 29.8 Å². The van der Waals surface area contributed by atoms with E-state index in [1.165, 1.54) is 18.3 Å². The zero-order valence-corrected chi connectivity index (χ0v) is 15.0. The van der Waals surface area contributed by atoms with E-state index in [9.17, 15) is 14.4 Å². The van der Waals surface area contributed by atoms with E-state index in [4.69, 9.17) is 16.0 Å². The number of carbonyl (C=O) groups excluding carboxylic acids is 3. The lowest BCUT2D eigenvalue weighted by atomic mass is 10.1. The molecule has 8 nitrogen and oxygen atoms in total. The molecule has 0 fully saturated rings. The Morgan fingerprint density at radius 2 is 1.89 bits per heavy atom. The van der Waals surface area contributed by atoms with Gasteiger partial charge in [-0.3, -0.25) is 30.2 Å². The predicted octanol–water partition coefficient (Wildman–Crippen LogP) is 1.98. The monoisotopic (exact) mass is 386 g/mol. The summed E-state index contributed by atoms with van der Waals surface area (Å²) in [7, 11) is 0. The lowest BCUT2D eigenvalue weighted by Crippen LogP contribution is -2.46. The van der Waals surface area contributed by atoms with Gasteiger partial charge in [0.2, 0.25) is 0 Å². The van der Waals surface area contributed by atoms with Crippen LogP contribution in [0.25, 0.3) is 11.0 Å². The minimum absolute atomic E-state index is 0.0808. The number of aryl methyl sites for hydroxylation is 1. The molecule has 0 saturated carbocycles.